The third kappa shape index (κ3) is 3.16. The van der Waals surface area contributed by atoms with E-state index in [9.17, 15) is 0 Å². The number of hydrogen-bond acceptors (Lipinski definition) is 5. The molecule has 19 heavy (non-hydrogen) atoms. The molecule has 0 aliphatic rings. The topological polar surface area (TPSA) is 75.6 Å². The van der Waals surface area contributed by atoms with Gasteiger partial charge in [-0.1, -0.05) is 41.6 Å². The van der Waals surface area contributed by atoms with Gasteiger partial charge >= 0.3 is 0 Å². The van der Waals surface area contributed by atoms with Gasteiger partial charge in [0.25, 0.3) is 0 Å². The molecule has 96 valence electrons. The fraction of sp³-hybridized carbons (Fsp3) is 0.154. The molecule has 0 aliphatic heterocycles. The van der Waals surface area contributed by atoms with Crippen molar-refractivity contribution >= 4 is 29.2 Å². The Morgan fingerprint density at radius 2 is 2.16 bits per heavy atom. The summed E-state index contributed by atoms with van der Waals surface area (Å²) in [4.78, 5) is 8.21. The molecular weight excluding hydrogens is 280 g/mol. The molecule has 2 rings (SSSR count). The van der Waals surface area contributed by atoms with Crippen LogP contribution in [0.25, 0.3) is 0 Å². The first-order valence-corrected chi connectivity index (χ1v) is 6.81. The van der Waals surface area contributed by atoms with Gasteiger partial charge in [0.1, 0.15) is 17.5 Å². The summed E-state index contributed by atoms with van der Waals surface area (Å²) < 4.78 is 0. The lowest BCUT2D eigenvalue weighted by Gasteiger charge is -2.12. The van der Waals surface area contributed by atoms with E-state index < -0.39 is 0 Å². The number of nitriles is 1. The average molecular weight is 291 g/mol. The van der Waals surface area contributed by atoms with Crippen LogP contribution in [0.4, 0.5) is 5.82 Å². The summed E-state index contributed by atoms with van der Waals surface area (Å²) in [6.45, 7) is 2.02. The van der Waals surface area contributed by atoms with Crippen LogP contribution < -0.4 is 5.73 Å². The van der Waals surface area contributed by atoms with Crippen LogP contribution in [0.1, 0.15) is 23.3 Å². The first-order chi connectivity index (χ1) is 9.11. The van der Waals surface area contributed by atoms with Crippen molar-refractivity contribution in [2.75, 3.05) is 5.73 Å². The van der Waals surface area contributed by atoms with Crippen molar-refractivity contribution in [3.05, 3.63) is 46.6 Å². The SMILES string of the molecule is C[C@H](Sc1ncc(C#N)c(N)n1)c1ccccc1Cl. The number of rotatable bonds is 3. The highest BCUT2D eigenvalue weighted by Crippen LogP contribution is 2.36. The van der Waals surface area contributed by atoms with Crippen LogP contribution in [0.2, 0.25) is 5.02 Å². The molecule has 1 heterocycles. The summed E-state index contributed by atoms with van der Waals surface area (Å²) in [6, 6.07) is 9.58. The molecule has 0 bridgehead atoms. The molecule has 4 nitrogen and oxygen atoms in total. The summed E-state index contributed by atoms with van der Waals surface area (Å²) >= 11 is 7.59. The molecule has 0 amide bonds. The van der Waals surface area contributed by atoms with E-state index in [0.29, 0.717) is 10.2 Å². The van der Waals surface area contributed by atoms with Crippen LogP contribution in [0.3, 0.4) is 0 Å². The van der Waals surface area contributed by atoms with Gasteiger partial charge in [-0.3, -0.25) is 0 Å². The van der Waals surface area contributed by atoms with Crippen molar-refractivity contribution in [3.8, 4) is 6.07 Å². The number of nitrogens with two attached hydrogens (primary N) is 1. The molecular formula is C13H11ClN4S. The zero-order valence-corrected chi connectivity index (χ0v) is 11.7. The third-order valence-electron chi connectivity index (χ3n) is 2.54. The molecule has 6 heteroatoms. The van der Waals surface area contributed by atoms with E-state index in [1.807, 2.05) is 37.3 Å². The Balaban J connectivity index is 2.20. The Bertz CT molecular complexity index is 639. The van der Waals surface area contributed by atoms with Gasteiger partial charge in [-0.05, 0) is 18.6 Å². The van der Waals surface area contributed by atoms with E-state index >= 15 is 0 Å². The second kappa shape index (κ2) is 5.91. The molecule has 2 N–H and O–H groups in total. The number of nitrogen functional groups attached to an aromatic ring is 1. The van der Waals surface area contributed by atoms with Gasteiger partial charge in [-0.25, -0.2) is 9.97 Å². The second-order valence-electron chi connectivity index (χ2n) is 3.84. The van der Waals surface area contributed by atoms with Crippen LogP contribution in [-0.2, 0) is 0 Å². The van der Waals surface area contributed by atoms with Crippen LogP contribution >= 0.6 is 23.4 Å². The number of halogens is 1. The summed E-state index contributed by atoms with van der Waals surface area (Å²) in [7, 11) is 0. The highest BCUT2D eigenvalue weighted by molar-refractivity contribution is 7.99. The Labute approximate surface area is 120 Å². The molecule has 1 aromatic carbocycles. The molecule has 0 radical (unpaired) electrons. The van der Waals surface area contributed by atoms with E-state index in [1.54, 1.807) is 0 Å². The number of anilines is 1. The van der Waals surface area contributed by atoms with E-state index in [4.69, 9.17) is 22.6 Å². The normalized spacial score (nSPS) is 11.8. The van der Waals surface area contributed by atoms with Crippen molar-refractivity contribution < 1.29 is 0 Å². The van der Waals surface area contributed by atoms with Crippen molar-refractivity contribution in [2.45, 2.75) is 17.3 Å². The summed E-state index contributed by atoms with van der Waals surface area (Å²) in [5.74, 6) is 0.200. The Morgan fingerprint density at radius 3 is 2.79 bits per heavy atom. The summed E-state index contributed by atoms with van der Waals surface area (Å²) in [6.07, 6.45) is 1.43. The predicted molar refractivity (Wildman–Crippen MR) is 76.9 cm³/mol. The predicted octanol–water partition coefficient (Wildman–Crippen LogP) is 3.44. The fourth-order valence-corrected chi connectivity index (χ4v) is 2.82. The third-order valence-corrected chi connectivity index (χ3v) is 3.90. The Hall–Kier alpha value is -1.77. The fourth-order valence-electron chi connectivity index (χ4n) is 1.55. The number of aromatic nitrogens is 2. The highest BCUT2D eigenvalue weighted by Gasteiger charge is 2.13. The van der Waals surface area contributed by atoms with Gasteiger partial charge in [0.05, 0.1) is 6.20 Å². The van der Waals surface area contributed by atoms with Gasteiger partial charge in [-0.15, -0.1) is 0 Å². The zero-order chi connectivity index (χ0) is 13.8. The minimum absolute atomic E-state index is 0.0982. The van der Waals surface area contributed by atoms with Gasteiger partial charge in [0.15, 0.2) is 5.16 Å². The number of nitrogens with zero attached hydrogens (tertiary/aromatic N) is 3. The largest absolute Gasteiger partial charge is 0.382 e. The molecule has 1 atom stereocenters. The van der Waals surface area contributed by atoms with Crippen molar-refractivity contribution in [3.63, 3.8) is 0 Å². The second-order valence-corrected chi connectivity index (χ2v) is 5.56. The summed E-state index contributed by atoms with van der Waals surface area (Å²) in [5, 5.41) is 10.1. The number of hydrogen-bond donors (Lipinski definition) is 1. The quantitative estimate of drug-likeness (QED) is 0.692. The van der Waals surface area contributed by atoms with Gasteiger partial charge < -0.3 is 5.73 Å². The first kappa shape index (κ1) is 13.7. The van der Waals surface area contributed by atoms with Crippen LogP contribution in [-0.4, -0.2) is 9.97 Å². The van der Waals surface area contributed by atoms with Gasteiger partial charge in [0.2, 0.25) is 0 Å². The van der Waals surface area contributed by atoms with E-state index in [2.05, 4.69) is 9.97 Å². The monoisotopic (exact) mass is 290 g/mol. The molecule has 0 unspecified atom stereocenters. The van der Waals surface area contributed by atoms with Crippen molar-refractivity contribution in [1.82, 2.24) is 9.97 Å². The van der Waals surface area contributed by atoms with Crippen molar-refractivity contribution in [2.24, 2.45) is 0 Å². The van der Waals surface area contributed by atoms with Gasteiger partial charge in [-0.2, -0.15) is 5.26 Å². The first-order valence-electron chi connectivity index (χ1n) is 5.55. The van der Waals surface area contributed by atoms with E-state index in [-0.39, 0.29) is 16.6 Å². The Kier molecular flexibility index (Phi) is 4.25. The van der Waals surface area contributed by atoms with Crippen LogP contribution in [0.15, 0.2) is 35.6 Å². The maximum atomic E-state index is 8.77. The van der Waals surface area contributed by atoms with Crippen LogP contribution in [0.5, 0.6) is 0 Å². The highest BCUT2D eigenvalue weighted by atomic mass is 35.5. The van der Waals surface area contributed by atoms with Crippen LogP contribution in [0, 0.1) is 11.3 Å². The number of thioether (sulfide) groups is 1. The lowest BCUT2D eigenvalue weighted by Crippen LogP contribution is -1.99. The molecule has 0 aliphatic carbocycles. The molecule has 1 aromatic heterocycles. The minimum Gasteiger partial charge on any atom is -0.382 e. The lowest BCUT2D eigenvalue weighted by atomic mass is 10.2. The Morgan fingerprint density at radius 1 is 1.42 bits per heavy atom. The molecule has 0 saturated carbocycles. The van der Waals surface area contributed by atoms with Gasteiger partial charge in [0, 0.05) is 10.3 Å². The molecule has 0 fully saturated rings. The number of benzene rings is 1. The summed E-state index contributed by atoms with van der Waals surface area (Å²) in [5.41, 5.74) is 6.96. The molecule has 0 saturated heterocycles. The minimum atomic E-state index is 0.0982. The molecule has 0 spiro atoms. The standard InChI is InChI=1S/C13H11ClN4S/c1-8(10-4-2-3-5-11(10)14)19-13-17-7-9(6-15)12(16)18-13/h2-5,7-8H,1H3,(H2,16,17,18)/t8-/m0/s1. The van der Waals surface area contributed by atoms with Crippen molar-refractivity contribution in [1.29, 1.82) is 5.26 Å². The van der Waals surface area contributed by atoms with E-state index in [1.165, 1.54) is 18.0 Å². The molecule has 2 aromatic rings. The zero-order valence-electron chi connectivity index (χ0n) is 10.2. The maximum absolute atomic E-state index is 8.77. The lowest BCUT2D eigenvalue weighted by molar-refractivity contribution is 0.954. The maximum Gasteiger partial charge on any atom is 0.190 e. The average Bonchev–Trinajstić information content (AvgIpc) is 2.39. The smallest absolute Gasteiger partial charge is 0.190 e. The van der Waals surface area contributed by atoms with E-state index in [0.717, 1.165) is 5.56 Å².